The second-order valence-electron chi connectivity index (χ2n) is 4.26. The summed E-state index contributed by atoms with van der Waals surface area (Å²) >= 11 is 0. The van der Waals surface area contributed by atoms with E-state index in [0.717, 1.165) is 17.7 Å². The van der Waals surface area contributed by atoms with Gasteiger partial charge in [0.25, 0.3) is 0 Å². The second kappa shape index (κ2) is 6.56. The van der Waals surface area contributed by atoms with Crippen LogP contribution in [-0.4, -0.2) is 31.6 Å². The first-order valence-corrected chi connectivity index (χ1v) is 5.74. The number of halogens is 3. The monoisotopic (exact) mass is 275 g/mol. The number of rotatable bonds is 5. The Bertz CT molecular complexity index is 415. The SMILES string of the molecule is COC(=O)CCN(C)Cc1ccc(C(F)(F)F)cc1. The lowest BCUT2D eigenvalue weighted by Gasteiger charge is -2.16. The summed E-state index contributed by atoms with van der Waals surface area (Å²) in [6, 6.07) is 5.00. The van der Waals surface area contributed by atoms with Crippen LogP contribution in [0.4, 0.5) is 13.2 Å². The molecule has 6 heteroatoms. The first-order chi connectivity index (χ1) is 8.82. The van der Waals surface area contributed by atoms with E-state index in [9.17, 15) is 18.0 Å². The van der Waals surface area contributed by atoms with Gasteiger partial charge in [-0.2, -0.15) is 13.2 Å². The van der Waals surface area contributed by atoms with Gasteiger partial charge < -0.3 is 9.64 Å². The topological polar surface area (TPSA) is 29.5 Å². The van der Waals surface area contributed by atoms with Gasteiger partial charge in [0.1, 0.15) is 0 Å². The van der Waals surface area contributed by atoms with Gasteiger partial charge in [0, 0.05) is 13.1 Å². The molecule has 1 aromatic carbocycles. The summed E-state index contributed by atoms with van der Waals surface area (Å²) in [5.41, 5.74) is 0.105. The van der Waals surface area contributed by atoms with Crippen LogP contribution in [0.15, 0.2) is 24.3 Å². The summed E-state index contributed by atoms with van der Waals surface area (Å²) in [6.45, 7) is 0.975. The van der Waals surface area contributed by atoms with E-state index in [1.807, 2.05) is 4.90 Å². The summed E-state index contributed by atoms with van der Waals surface area (Å²) in [5.74, 6) is -0.306. The number of nitrogens with zero attached hydrogens (tertiary/aromatic N) is 1. The molecule has 0 fully saturated rings. The van der Waals surface area contributed by atoms with Crippen LogP contribution in [0.2, 0.25) is 0 Å². The average Bonchev–Trinajstić information content (AvgIpc) is 2.35. The van der Waals surface area contributed by atoms with Crippen LogP contribution in [0.25, 0.3) is 0 Å². The first-order valence-electron chi connectivity index (χ1n) is 5.74. The molecule has 0 aliphatic rings. The van der Waals surface area contributed by atoms with Gasteiger partial charge in [-0.25, -0.2) is 0 Å². The highest BCUT2D eigenvalue weighted by atomic mass is 19.4. The van der Waals surface area contributed by atoms with Crippen molar-refractivity contribution < 1.29 is 22.7 Å². The van der Waals surface area contributed by atoms with E-state index in [0.29, 0.717) is 13.1 Å². The quantitative estimate of drug-likeness (QED) is 0.774. The zero-order valence-corrected chi connectivity index (χ0v) is 10.8. The lowest BCUT2D eigenvalue weighted by molar-refractivity contribution is -0.141. The zero-order valence-electron chi connectivity index (χ0n) is 10.8. The van der Waals surface area contributed by atoms with Gasteiger partial charge >= 0.3 is 12.1 Å². The van der Waals surface area contributed by atoms with Crippen LogP contribution < -0.4 is 0 Å². The largest absolute Gasteiger partial charge is 0.469 e. The van der Waals surface area contributed by atoms with E-state index in [-0.39, 0.29) is 12.4 Å². The molecule has 0 unspecified atom stereocenters. The second-order valence-corrected chi connectivity index (χ2v) is 4.26. The van der Waals surface area contributed by atoms with E-state index >= 15 is 0 Å². The molecule has 0 amide bonds. The number of carbonyl (C=O) groups is 1. The van der Waals surface area contributed by atoms with Crippen LogP contribution >= 0.6 is 0 Å². The van der Waals surface area contributed by atoms with E-state index in [2.05, 4.69) is 4.74 Å². The van der Waals surface area contributed by atoms with Gasteiger partial charge in [0.15, 0.2) is 0 Å². The Morgan fingerprint density at radius 3 is 2.32 bits per heavy atom. The van der Waals surface area contributed by atoms with E-state index in [1.165, 1.54) is 19.2 Å². The maximum atomic E-state index is 12.4. The molecule has 0 aromatic heterocycles. The van der Waals surface area contributed by atoms with Gasteiger partial charge in [-0.15, -0.1) is 0 Å². The fraction of sp³-hybridized carbons (Fsp3) is 0.462. The molecule has 0 radical (unpaired) electrons. The molecule has 0 spiro atoms. The molecule has 0 aliphatic heterocycles. The third-order valence-electron chi connectivity index (χ3n) is 2.66. The van der Waals surface area contributed by atoms with Crippen molar-refractivity contribution >= 4 is 5.97 Å². The van der Waals surface area contributed by atoms with Crippen LogP contribution in [-0.2, 0) is 22.3 Å². The lowest BCUT2D eigenvalue weighted by atomic mass is 10.1. The molecule has 1 aromatic rings. The maximum absolute atomic E-state index is 12.4. The number of hydrogen-bond acceptors (Lipinski definition) is 3. The van der Waals surface area contributed by atoms with Crippen LogP contribution in [0.3, 0.4) is 0 Å². The highest BCUT2D eigenvalue weighted by Gasteiger charge is 2.29. The standard InChI is InChI=1S/C13H16F3NO2/c1-17(8-7-12(18)19-2)9-10-3-5-11(6-4-10)13(14,15)16/h3-6H,7-9H2,1-2H3. The number of hydrogen-bond donors (Lipinski definition) is 0. The van der Waals surface area contributed by atoms with Crippen molar-refractivity contribution in [2.75, 3.05) is 20.7 Å². The highest BCUT2D eigenvalue weighted by molar-refractivity contribution is 5.69. The number of benzene rings is 1. The Morgan fingerprint density at radius 2 is 1.84 bits per heavy atom. The molecule has 0 N–H and O–H groups in total. The molecular weight excluding hydrogens is 259 g/mol. The van der Waals surface area contributed by atoms with Gasteiger partial charge in [0.05, 0.1) is 19.1 Å². The lowest BCUT2D eigenvalue weighted by Crippen LogP contribution is -2.21. The summed E-state index contributed by atoms with van der Waals surface area (Å²) in [7, 11) is 3.11. The Morgan fingerprint density at radius 1 is 1.26 bits per heavy atom. The summed E-state index contributed by atoms with van der Waals surface area (Å²) in [4.78, 5) is 12.8. The Kier molecular flexibility index (Phi) is 5.35. The average molecular weight is 275 g/mol. The summed E-state index contributed by atoms with van der Waals surface area (Å²) in [5, 5.41) is 0. The molecule has 0 heterocycles. The zero-order chi connectivity index (χ0) is 14.5. The predicted molar refractivity (Wildman–Crippen MR) is 64.4 cm³/mol. The van der Waals surface area contributed by atoms with E-state index < -0.39 is 11.7 Å². The molecule has 0 atom stereocenters. The number of methoxy groups -OCH3 is 1. The summed E-state index contributed by atoms with van der Waals surface area (Å²) < 4.78 is 41.6. The van der Waals surface area contributed by atoms with Gasteiger partial charge in [-0.3, -0.25) is 4.79 Å². The number of ether oxygens (including phenoxy) is 1. The van der Waals surface area contributed by atoms with Crippen molar-refractivity contribution in [1.82, 2.24) is 4.90 Å². The molecule has 106 valence electrons. The molecule has 0 saturated carbocycles. The molecule has 3 nitrogen and oxygen atoms in total. The number of carbonyl (C=O) groups excluding carboxylic acids is 1. The van der Waals surface area contributed by atoms with Crippen molar-refractivity contribution in [3.8, 4) is 0 Å². The van der Waals surface area contributed by atoms with Gasteiger partial charge in [-0.05, 0) is 24.7 Å². The minimum Gasteiger partial charge on any atom is -0.469 e. The molecule has 0 saturated heterocycles. The Balaban J connectivity index is 2.51. The van der Waals surface area contributed by atoms with Crippen molar-refractivity contribution in [2.24, 2.45) is 0 Å². The normalized spacial score (nSPS) is 11.7. The molecule has 19 heavy (non-hydrogen) atoms. The molecule has 0 aliphatic carbocycles. The van der Waals surface area contributed by atoms with Gasteiger partial charge in [0.2, 0.25) is 0 Å². The van der Waals surface area contributed by atoms with Crippen LogP contribution in [0.1, 0.15) is 17.5 Å². The van der Waals surface area contributed by atoms with Crippen LogP contribution in [0, 0.1) is 0 Å². The smallest absolute Gasteiger partial charge is 0.416 e. The minimum atomic E-state index is -4.31. The van der Waals surface area contributed by atoms with E-state index in [1.54, 1.807) is 7.05 Å². The van der Waals surface area contributed by atoms with Crippen molar-refractivity contribution in [1.29, 1.82) is 0 Å². The minimum absolute atomic E-state index is 0.258. The summed E-state index contributed by atoms with van der Waals surface area (Å²) in [6.07, 6.45) is -4.05. The predicted octanol–water partition coefficient (Wildman–Crippen LogP) is 2.70. The molecule has 0 bridgehead atoms. The highest BCUT2D eigenvalue weighted by Crippen LogP contribution is 2.29. The molecule has 1 rings (SSSR count). The van der Waals surface area contributed by atoms with Crippen LogP contribution in [0.5, 0.6) is 0 Å². The first kappa shape index (κ1) is 15.5. The fourth-order valence-electron chi connectivity index (χ4n) is 1.57. The van der Waals surface area contributed by atoms with Crippen molar-refractivity contribution in [3.63, 3.8) is 0 Å². The Labute approximate surface area is 110 Å². The van der Waals surface area contributed by atoms with Crippen molar-refractivity contribution in [3.05, 3.63) is 35.4 Å². The number of alkyl halides is 3. The number of esters is 1. The molecular formula is C13H16F3NO2. The maximum Gasteiger partial charge on any atom is 0.416 e. The third-order valence-corrected chi connectivity index (χ3v) is 2.66. The van der Waals surface area contributed by atoms with E-state index in [4.69, 9.17) is 0 Å². The Hall–Kier alpha value is -1.56. The third kappa shape index (κ3) is 5.30. The van der Waals surface area contributed by atoms with Gasteiger partial charge in [-0.1, -0.05) is 12.1 Å². The van der Waals surface area contributed by atoms with Crippen molar-refractivity contribution in [2.45, 2.75) is 19.1 Å². The fourth-order valence-corrected chi connectivity index (χ4v) is 1.57.